The number of hydrogen-bond acceptors (Lipinski definition) is 4. The van der Waals surface area contributed by atoms with Crippen LogP contribution in [0.1, 0.15) is 21.5 Å². The molecule has 1 saturated heterocycles. The molecular weight excluding hydrogens is 352 g/mol. The molecule has 0 atom stereocenters. The van der Waals surface area contributed by atoms with E-state index in [1.807, 2.05) is 60.7 Å². The minimum Gasteiger partial charge on any atom is -0.488 e. The van der Waals surface area contributed by atoms with Crippen molar-refractivity contribution < 1.29 is 14.3 Å². The zero-order chi connectivity index (χ0) is 19.4. The fraction of sp³-hybridized carbons (Fsp3) is 0.217. The lowest BCUT2D eigenvalue weighted by Crippen LogP contribution is -2.62. The van der Waals surface area contributed by atoms with Gasteiger partial charge in [0, 0.05) is 25.1 Å². The molecule has 28 heavy (non-hydrogen) atoms. The van der Waals surface area contributed by atoms with Crippen LogP contribution in [-0.2, 0) is 16.9 Å². The molecule has 1 aromatic heterocycles. The van der Waals surface area contributed by atoms with E-state index in [0.29, 0.717) is 31.0 Å². The molecule has 3 aromatic rings. The molecule has 142 valence electrons. The second-order valence-electron chi connectivity index (χ2n) is 6.87. The second-order valence-corrected chi connectivity index (χ2v) is 6.87. The second kappa shape index (κ2) is 7.82. The number of para-hydroxylation sites is 1. The van der Waals surface area contributed by atoms with Crippen LogP contribution in [0.3, 0.4) is 0 Å². The van der Waals surface area contributed by atoms with E-state index in [0.717, 1.165) is 11.1 Å². The molecular formula is C23H22N2O3. The molecule has 0 radical (unpaired) electrons. The highest BCUT2D eigenvalue weighted by Crippen LogP contribution is 2.37. The van der Waals surface area contributed by atoms with E-state index in [-0.39, 0.29) is 5.91 Å². The van der Waals surface area contributed by atoms with Crippen LogP contribution in [0, 0.1) is 0 Å². The van der Waals surface area contributed by atoms with Crippen LogP contribution in [0.4, 0.5) is 0 Å². The predicted octanol–water partition coefficient (Wildman–Crippen LogP) is 3.66. The third-order valence-corrected chi connectivity index (χ3v) is 5.10. The lowest BCUT2D eigenvalue weighted by Gasteiger charge is -2.49. The fourth-order valence-corrected chi connectivity index (χ4v) is 3.47. The van der Waals surface area contributed by atoms with Crippen LogP contribution in [0.25, 0.3) is 0 Å². The van der Waals surface area contributed by atoms with Crippen molar-refractivity contribution in [3.63, 3.8) is 0 Å². The van der Waals surface area contributed by atoms with Gasteiger partial charge in [0.05, 0.1) is 18.7 Å². The molecule has 5 heteroatoms. The number of methoxy groups -OCH3 is 1. The van der Waals surface area contributed by atoms with E-state index in [9.17, 15) is 4.79 Å². The van der Waals surface area contributed by atoms with Crippen LogP contribution in [0.5, 0.6) is 5.75 Å². The van der Waals surface area contributed by atoms with E-state index in [1.54, 1.807) is 30.5 Å². The number of rotatable bonds is 6. The lowest BCUT2D eigenvalue weighted by atomic mass is 9.85. The van der Waals surface area contributed by atoms with E-state index >= 15 is 0 Å². The number of amides is 1. The largest absolute Gasteiger partial charge is 0.488 e. The van der Waals surface area contributed by atoms with Crippen molar-refractivity contribution in [1.82, 2.24) is 9.88 Å². The summed E-state index contributed by atoms with van der Waals surface area (Å²) in [6.45, 7) is 1.40. The van der Waals surface area contributed by atoms with Gasteiger partial charge in [0.15, 0.2) is 0 Å². The molecule has 1 aliphatic rings. The number of carbonyl (C=O) groups is 1. The smallest absolute Gasteiger partial charge is 0.257 e. The summed E-state index contributed by atoms with van der Waals surface area (Å²) < 4.78 is 11.7. The molecule has 1 aliphatic heterocycles. The predicted molar refractivity (Wildman–Crippen MR) is 106 cm³/mol. The zero-order valence-corrected chi connectivity index (χ0v) is 15.7. The van der Waals surface area contributed by atoms with Gasteiger partial charge < -0.3 is 14.4 Å². The monoisotopic (exact) mass is 374 g/mol. The molecule has 2 heterocycles. The maximum Gasteiger partial charge on any atom is 0.257 e. The Bertz CT molecular complexity index is 938. The maximum atomic E-state index is 13.1. The van der Waals surface area contributed by atoms with Gasteiger partial charge in [0.25, 0.3) is 5.91 Å². The molecule has 0 aliphatic carbocycles. The summed E-state index contributed by atoms with van der Waals surface area (Å²) in [4.78, 5) is 19.0. The summed E-state index contributed by atoms with van der Waals surface area (Å²) in [6.07, 6.45) is 3.48. The first-order valence-corrected chi connectivity index (χ1v) is 9.22. The number of benzene rings is 2. The van der Waals surface area contributed by atoms with Gasteiger partial charge in [-0.2, -0.15) is 0 Å². The summed E-state index contributed by atoms with van der Waals surface area (Å²) in [5.41, 5.74) is 2.16. The molecule has 0 unspecified atom stereocenters. The van der Waals surface area contributed by atoms with E-state index in [4.69, 9.17) is 9.47 Å². The highest BCUT2D eigenvalue weighted by atomic mass is 16.5. The number of ether oxygens (including phenoxy) is 2. The Morgan fingerprint density at radius 2 is 1.79 bits per heavy atom. The van der Waals surface area contributed by atoms with Gasteiger partial charge in [0.2, 0.25) is 0 Å². The maximum absolute atomic E-state index is 13.1. The molecule has 1 fully saturated rings. The van der Waals surface area contributed by atoms with Crippen molar-refractivity contribution in [1.29, 1.82) is 0 Å². The minimum absolute atomic E-state index is 0.0506. The molecule has 2 aromatic carbocycles. The number of nitrogens with zero attached hydrogens (tertiary/aromatic N) is 2. The van der Waals surface area contributed by atoms with Crippen molar-refractivity contribution in [2.45, 2.75) is 12.2 Å². The van der Waals surface area contributed by atoms with E-state index in [1.165, 1.54) is 0 Å². The van der Waals surface area contributed by atoms with E-state index in [2.05, 4.69) is 4.98 Å². The molecule has 0 N–H and O–H groups in total. The van der Waals surface area contributed by atoms with Crippen molar-refractivity contribution in [3.8, 4) is 5.75 Å². The highest BCUT2D eigenvalue weighted by Gasteiger charge is 2.47. The standard InChI is InChI=1S/C23H22N2O3/c1-27-23(19-9-3-2-4-10-19)16-25(17-23)22(26)20-11-5-6-12-21(20)28-15-18-8-7-13-24-14-18/h2-14H,15-17H2,1H3. The number of pyridine rings is 1. The molecule has 0 bridgehead atoms. The summed E-state index contributed by atoms with van der Waals surface area (Å²) >= 11 is 0. The average Bonchev–Trinajstić information content (AvgIpc) is 2.73. The number of likely N-dealkylation sites (tertiary alicyclic amines) is 1. The van der Waals surface area contributed by atoms with Gasteiger partial charge in [-0.15, -0.1) is 0 Å². The molecule has 5 nitrogen and oxygen atoms in total. The molecule has 0 saturated carbocycles. The van der Waals surface area contributed by atoms with Crippen LogP contribution in [-0.4, -0.2) is 36.0 Å². The zero-order valence-electron chi connectivity index (χ0n) is 15.7. The van der Waals surface area contributed by atoms with Gasteiger partial charge in [-0.1, -0.05) is 48.5 Å². The first-order chi connectivity index (χ1) is 13.7. The van der Waals surface area contributed by atoms with Crippen LogP contribution >= 0.6 is 0 Å². The molecule has 4 rings (SSSR count). The molecule has 0 spiro atoms. The van der Waals surface area contributed by atoms with Crippen LogP contribution in [0.2, 0.25) is 0 Å². The highest BCUT2D eigenvalue weighted by molar-refractivity contribution is 5.97. The van der Waals surface area contributed by atoms with Gasteiger partial charge >= 0.3 is 0 Å². The Morgan fingerprint density at radius 1 is 1.04 bits per heavy atom. The summed E-state index contributed by atoms with van der Waals surface area (Å²) in [5, 5.41) is 0. The number of hydrogen-bond donors (Lipinski definition) is 0. The Labute approximate surface area is 164 Å². The fourth-order valence-electron chi connectivity index (χ4n) is 3.47. The van der Waals surface area contributed by atoms with Gasteiger partial charge in [-0.25, -0.2) is 0 Å². The van der Waals surface area contributed by atoms with Gasteiger partial charge in [0.1, 0.15) is 18.0 Å². The third-order valence-electron chi connectivity index (χ3n) is 5.10. The summed E-state index contributed by atoms with van der Waals surface area (Å²) in [5.74, 6) is 0.524. The Morgan fingerprint density at radius 3 is 2.50 bits per heavy atom. The molecule has 1 amide bonds. The lowest BCUT2D eigenvalue weighted by molar-refractivity contribution is -0.114. The van der Waals surface area contributed by atoms with E-state index < -0.39 is 5.60 Å². The normalized spacial score (nSPS) is 15.0. The van der Waals surface area contributed by atoms with Crippen LogP contribution in [0.15, 0.2) is 79.1 Å². The summed E-state index contributed by atoms with van der Waals surface area (Å²) in [6, 6.07) is 21.2. The third kappa shape index (κ3) is 3.49. The number of carbonyl (C=O) groups excluding carboxylic acids is 1. The SMILES string of the molecule is COC1(c2ccccc2)CN(C(=O)c2ccccc2OCc2cccnc2)C1. The topological polar surface area (TPSA) is 51.7 Å². The van der Waals surface area contributed by atoms with Crippen LogP contribution < -0.4 is 4.74 Å². The Balaban J connectivity index is 1.47. The summed E-state index contributed by atoms with van der Waals surface area (Å²) in [7, 11) is 1.69. The van der Waals surface area contributed by atoms with Crippen molar-refractivity contribution >= 4 is 5.91 Å². The van der Waals surface area contributed by atoms with Gasteiger partial charge in [-0.3, -0.25) is 9.78 Å². The number of aromatic nitrogens is 1. The van der Waals surface area contributed by atoms with Crippen molar-refractivity contribution in [2.75, 3.05) is 20.2 Å². The Hall–Kier alpha value is -3.18. The first kappa shape index (κ1) is 18.2. The van der Waals surface area contributed by atoms with Gasteiger partial charge in [-0.05, 0) is 23.8 Å². The average molecular weight is 374 g/mol. The van der Waals surface area contributed by atoms with Crippen molar-refractivity contribution in [3.05, 3.63) is 95.8 Å². The quantitative estimate of drug-likeness (QED) is 0.661. The van der Waals surface area contributed by atoms with Crippen molar-refractivity contribution in [2.24, 2.45) is 0 Å². The Kier molecular flexibility index (Phi) is 5.08. The first-order valence-electron chi connectivity index (χ1n) is 9.22. The minimum atomic E-state index is -0.442.